The number of carbonyl (C=O) groups is 1. The fourth-order valence-electron chi connectivity index (χ4n) is 2.35. The zero-order valence-electron chi connectivity index (χ0n) is 14.5. The average molecular weight is 342 g/mol. The smallest absolute Gasteiger partial charge is 0.251 e. The molecule has 2 rings (SSSR count). The standard InChI is InChI=1S/C19H23FN4O/c1-21-18(25)16-5-3-4-14(12-16)10-11-23-19(22-2)24-13-15-6-8-17(20)9-7-15/h3-9,12H,10-11,13H2,1-2H3,(H,21,25)(H2,22,23,24). The van der Waals surface area contributed by atoms with Crippen LogP contribution in [0.2, 0.25) is 0 Å². The lowest BCUT2D eigenvalue weighted by atomic mass is 10.1. The van der Waals surface area contributed by atoms with Crippen molar-refractivity contribution in [1.82, 2.24) is 16.0 Å². The molecule has 0 aliphatic heterocycles. The molecule has 0 spiro atoms. The highest BCUT2D eigenvalue weighted by molar-refractivity contribution is 5.94. The van der Waals surface area contributed by atoms with E-state index in [1.807, 2.05) is 18.2 Å². The van der Waals surface area contributed by atoms with E-state index < -0.39 is 0 Å². The molecule has 0 heterocycles. The van der Waals surface area contributed by atoms with Crippen molar-refractivity contribution in [3.05, 3.63) is 71.0 Å². The van der Waals surface area contributed by atoms with Gasteiger partial charge in [0.15, 0.2) is 5.96 Å². The average Bonchev–Trinajstić information content (AvgIpc) is 2.65. The first-order valence-corrected chi connectivity index (χ1v) is 8.12. The van der Waals surface area contributed by atoms with E-state index in [1.54, 1.807) is 32.3 Å². The predicted octanol–water partition coefficient (Wildman–Crippen LogP) is 2.09. The number of nitrogens with one attached hydrogen (secondary N) is 3. The zero-order valence-corrected chi connectivity index (χ0v) is 14.5. The summed E-state index contributed by atoms with van der Waals surface area (Å²) in [5.74, 6) is 0.337. The van der Waals surface area contributed by atoms with E-state index in [4.69, 9.17) is 0 Å². The molecule has 0 fully saturated rings. The van der Waals surface area contributed by atoms with Crippen LogP contribution in [0.5, 0.6) is 0 Å². The van der Waals surface area contributed by atoms with Crippen molar-refractivity contribution in [2.75, 3.05) is 20.6 Å². The Hall–Kier alpha value is -2.89. The van der Waals surface area contributed by atoms with E-state index in [0.717, 1.165) is 17.5 Å². The van der Waals surface area contributed by atoms with Gasteiger partial charge in [-0.1, -0.05) is 24.3 Å². The maximum atomic E-state index is 12.9. The fraction of sp³-hybridized carbons (Fsp3) is 0.263. The molecule has 0 aromatic heterocycles. The monoisotopic (exact) mass is 342 g/mol. The highest BCUT2D eigenvalue weighted by atomic mass is 19.1. The van der Waals surface area contributed by atoms with Crippen molar-refractivity contribution in [3.8, 4) is 0 Å². The molecule has 3 N–H and O–H groups in total. The third-order valence-corrected chi connectivity index (χ3v) is 3.72. The Labute approximate surface area is 147 Å². The maximum Gasteiger partial charge on any atom is 0.251 e. The Bertz CT molecular complexity index is 728. The van der Waals surface area contributed by atoms with Gasteiger partial charge < -0.3 is 16.0 Å². The quantitative estimate of drug-likeness (QED) is 0.556. The van der Waals surface area contributed by atoms with Crippen molar-refractivity contribution >= 4 is 11.9 Å². The number of amides is 1. The first kappa shape index (κ1) is 18.4. The number of nitrogens with zero attached hydrogens (tertiary/aromatic N) is 1. The molecule has 0 radical (unpaired) electrons. The molecule has 2 aromatic carbocycles. The van der Waals surface area contributed by atoms with Gasteiger partial charge in [0.2, 0.25) is 0 Å². The second-order valence-corrected chi connectivity index (χ2v) is 5.51. The lowest BCUT2D eigenvalue weighted by Crippen LogP contribution is -2.37. The van der Waals surface area contributed by atoms with Crippen molar-refractivity contribution in [1.29, 1.82) is 0 Å². The Morgan fingerprint density at radius 2 is 1.84 bits per heavy atom. The molecule has 0 aliphatic carbocycles. The summed E-state index contributed by atoms with van der Waals surface area (Å²) in [6, 6.07) is 13.9. The van der Waals surface area contributed by atoms with E-state index in [9.17, 15) is 9.18 Å². The molecule has 5 nitrogen and oxygen atoms in total. The number of aliphatic imine (C=N–C) groups is 1. The van der Waals surface area contributed by atoms with E-state index in [1.165, 1.54) is 12.1 Å². The van der Waals surface area contributed by atoms with Gasteiger partial charge in [0.05, 0.1) is 0 Å². The maximum absolute atomic E-state index is 12.9. The summed E-state index contributed by atoms with van der Waals surface area (Å²) in [6.07, 6.45) is 0.766. The van der Waals surface area contributed by atoms with Gasteiger partial charge in [-0.2, -0.15) is 0 Å². The summed E-state index contributed by atoms with van der Waals surface area (Å²) in [6.45, 7) is 1.24. The van der Waals surface area contributed by atoms with Crippen LogP contribution in [0.3, 0.4) is 0 Å². The van der Waals surface area contributed by atoms with E-state index >= 15 is 0 Å². The molecule has 0 unspecified atom stereocenters. The zero-order chi connectivity index (χ0) is 18.1. The van der Waals surface area contributed by atoms with Gasteiger partial charge in [0.25, 0.3) is 5.91 Å². The molecular weight excluding hydrogens is 319 g/mol. The van der Waals surface area contributed by atoms with Crippen molar-refractivity contribution in [3.63, 3.8) is 0 Å². The minimum absolute atomic E-state index is 0.0911. The Kier molecular flexibility index (Phi) is 6.95. The number of carbonyl (C=O) groups excluding carboxylic acids is 1. The van der Waals surface area contributed by atoms with Crippen LogP contribution in [0.4, 0.5) is 4.39 Å². The number of rotatable bonds is 6. The van der Waals surface area contributed by atoms with Gasteiger partial charge in [-0.05, 0) is 41.8 Å². The highest BCUT2D eigenvalue weighted by Crippen LogP contribution is 2.06. The van der Waals surface area contributed by atoms with Crippen molar-refractivity contribution in [2.24, 2.45) is 4.99 Å². The van der Waals surface area contributed by atoms with Gasteiger partial charge in [-0.25, -0.2) is 4.39 Å². The number of halogens is 1. The number of hydrogen-bond donors (Lipinski definition) is 3. The number of guanidine groups is 1. The molecule has 0 saturated heterocycles. The fourth-order valence-corrected chi connectivity index (χ4v) is 2.35. The first-order valence-electron chi connectivity index (χ1n) is 8.12. The molecule has 0 aliphatic rings. The van der Waals surface area contributed by atoms with Gasteiger partial charge in [0.1, 0.15) is 5.82 Å². The van der Waals surface area contributed by atoms with E-state index in [2.05, 4.69) is 20.9 Å². The first-order chi connectivity index (χ1) is 12.1. The SMILES string of the molecule is CN=C(NCCc1cccc(C(=O)NC)c1)NCc1ccc(F)cc1. The second-order valence-electron chi connectivity index (χ2n) is 5.51. The van der Waals surface area contributed by atoms with Crippen LogP contribution < -0.4 is 16.0 Å². The van der Waals surface area contributed by atoms with E-state index in [0.29, 0.717) is 24.6 Å². The van der Waals surface area contributed by atoms with Crippen molar-refractivity contribution < 1.29 is 9.18 Å². The van der Waals surface area contributed by atoms with Crippen LogP contribution in [0.25, 0.3) is 0 Å². The molecule has 25 heavy (non-hydrogen) atoms. The van der Waals surface area contributed by atoms with Gasteiger partial charge in [-0.15, -0.1) is 0 Å². The van der Waals surface area contributed by atoms with Crippen LogP contribution >= 0.6 is 0 Å². The van der Waals surface area contributed by atoms with Gasteiger partial charge >= 0.3 is 0 Å². The number of benzene rings is 2. The van der Waals surface area contributed by atoms with Crippen LogP contribution in [0, 0.1) is 5.82 Å². The molecule has 0 saturated carbocycles. The summed E-state index contributed by atoms with van der Waals surface area (Å²) < 4.78 is 12.9. The Morgan fingerprint density at radius 3 is 2.52 bits per heavy atom. The Balaban J connectivity index is 1.81. The summed E-state index contributed by atoms with van der Waals surface area (Å²) in [5, 5.41) is 9.03. The molecule has 132 valence electrons. The molecule has 1 amide bonds. The third kappa shape index (κ3) is 5.91. The predicted molar refractivity (Wildman–Crippen MR) is 98.1 cm³/mol. The van der Waals surface area contributed by atoms with Crippen LogP contribution in [0.1, 0.15) is 21.5 Å². The van der Waals surface area contributed by atoms with Gasteiger partial charge in [-0.3, -0.25) is 9.79 Å². The summed E-state index contributed by atoms with van der Waals surface area (Å²) in [7, 11) is 3.32. The van der Waals surface area contributed by atoms with Crippen molar-refractivity contribution in [2.45, 2.75) is 13.0 Å². The van der Waals surface area contributed by atoms with Gasteiger partial charge in [0, 0.05) is 32.7 Å². The highest BCUT2D eigenvalue weighted by Gasteiger charge is 2.04. The summed E-state index contributed by atoms with van der Waals surface area (Å²) in [4.78, 5) is 15.8. The molecular formula is C19H23FN4O. The van der Waals surface area contributed by atoms with Crippen LogP contribution in [-0.4, -0.2) is 32.5 Å². The molecule has 0 bridgehead atoms. The lowest BCUT2D eigenvalue weighted by Gasteiger charge is -2.12. The Morgan fingerprint density at radius 1 is 1.08 bits per heavy atom. The summed E-state index contributed by atoms with van der Waals surface area (Å²) >= 11 is 0. The lowest BCUT2D eigenvalue weighted by molar-refractivity contribution is 0.0963. The largest absolute Gasteiger partial charge is 0.356 e. The van der Waals surface area contributed by atoms with E-state index in [-0.39, 0.29) is 11.7 Å². The van der Waals surface area contributed by atoms with Crippen LogP contribution in [-0.2, 0) is 13.0 Å². The third-order valence-electron chi connectivity index (χ3n) is 3.72. The minimum Gasteiger partial charge on any atom is -0.356 e. The molecule has 2 aromatic rings. The molecule has 0 atom stereocenters. The normalized spacial score (nSPS) is 11.1. The minimum atomic E-state index is -0.245. The van der Waals surface area contributed by atoms with Crippen LogP contribution in [0.15, 0.2) is 53.5 Å². The number of hydrogen-bond acceptors (Lipinski definition) is 2. The molecule has 6 heteroatoms. The topological polar surface area (TPSA) is 65.5 Å². The second kappa shape index (κ2) is 9.42. The summed E-state index contributed by atoms with van der Waals surface area (Å²) in [5.41, 5.74) is 2.70.